The van der Waals surface area contributed by atoms with Crippen LogP contribution in [-0.2, 0) is 6.54 Å². The van der Waals surface area contributed by atoms with Gasteiger partial charge in [-0.05, 0) is 50.8 Å². The second-order valence-electron chi connectivity index (χ2n) is 5.18. The molecule has 17 heavy (non-hydrogen) atoms. The van der Waals surface area contributed by atoms with Crippen molar-refractivity contribution in [3.05, 3.63) is 34.4 Å². The molecule has 0 saturated carbocycles. The van der Waals surface area contributed by atoms with Crippen LogP contribution in [0.5, 0.6) is 0 Å². The Bertz CT molecular complexity index is 348. The van der Waals surface area contributed by atoms with Crippen molar-refractivity contribution in [1.82, 2.24) is 5.32 Å². The lowest BCUT2D eigenvalue weighted by molar-refractivity contribution is 0.514. The van der Waals surface area contributed by atoms with Crippen LogP contribution in [0.25, 0.3) is 0 Å². The van der Waals surface area contributed by atoms with Gasteiger partial charge in [-0.1, -0.05) is 40.5 Å². The summed E-state index contributed by atoms with van der Waals surface area (Å²) in [4.78, 5) is 0.574. The van der Waals surface area contributed by atoms with Crippen molar-refractivity contribution in [2.24, 2.45) is 0 Å². The smallest absolute Gasteiger partial charge is 0.0213 e. The molecule has 0 aliphatic rings. The number of benzene rings is 1. The van der Waals surface area contributed by atoms with Gasteiger partial charge < -0.3 is 5.32 Å². The van der Waals surface area contributed by atoms with E-state index in [4.69, 9.17) is 0 Å². The number of aryl methyl sites for hydroxylation is 3. The van der Waals surface area contributed by atoms with Gasteiger partial charge in [0.1, 0.15) is 0 Å². The number of alkyl halides is 1. The van der Waals surface area contributed by atoms with Crippen molar-refractivity contribution in [1.29, 1.82) is 0 Å². The van der Waals surface area contributed by atoms with Gasteiger partial charge >= 0.3 is 0 Å². The Morgan fingerprint density at radius 3 is 2.12 bits per heavy atom. The summed E-state index contributed by atoms with van der Waals surface area (Å²) in [5.41, 5.74) is 5.60. The third-order valence-corrected chi connectivity index (χ3v) is 3.52. The quantitative estimate of drug-likeness (QED) is 0.801. The summed E-state index contributed by atoms with van der Waals surface area (Å²) in [5.74, 6) is 0. The lowest BCUT2D eigenvalue weighted by Gasteiger charge is -2.18. The van der Waals surface area contributed by atoms with Crippen LogP contribution in [0.3, 0.4) is 0 Å². The molecule has 0 fully saturated rings. The molecule has 0 amide bonds. The highest BCUT2D eigenvalue weighted by Gasteiger charge is 2.08. The van der Waals surface area contributed by atoms with E-state index in [2.05, 4.69) is 68.0 Å². The maximum Gasteiger partial charge on any atom is 0.0213 e. The van der Waals surface area contributed by atoms with Gasteiger partial charge in [0.15, 0.2) is 0 Å². The monoisotopic (exact) mass is 297 g/mol. The van der Waals surface area contributed by atoms with Crippen molar-refractivity contribution in [3.63, 3.8) is 0 Å². The van der Waals surface area contributed by atoms with Gasteiger partial charge in [0.05, 0.1) is 0 Å². The third-order valence-electron chi connectivity index (χ3n) is 3.15. The lowest BCUT2D eigenvalue weighted by Crippen LogP contribution is -2.28. The fraction of sp³-hybridized carbons (Fsp3) is 0.600. The molecule has 0 heterocycles. The first kappa shape index (κ1) is 14.7. The minimum Gasteiger partial charge on any atom is -0.310 e. The molecule has 96 valence electrons. The van der Waals surface area contributed by atoms with E-state index in [1.165, 1.54) is 22.3 Å². The maximum absolute atomic E-state index is 3.60. The first-order chi connectivity index (χ1) is 7.90. The Labute approximate surface area is 114 Å². The zero-order chi connectivity index (χ0) is 13.0. The fourth-order valence-corrected chi connectivity index (χ4v) is 2.90. The summed E-state index contributed by atoms with van der Waals surface area (Å²) in [6, 6.07) is 5.08. The largest absolute Gasteiger partial charge is 0.310 e. The standard InChI is InChI=1S/C15H24BrN/c1-10-6-11(2)15(12(3)7-10)9-17-14(5)8-13(4)16/h6-7,13-14,17H,8-9H2,1-5H3. The Morgan fingerprint density at radius 2 is 1.65 bits per heavy atom. The van der Waals surface area contributed by atoms with Crippen molar-refractivity contribution >= 4 is 15.9 Å². The molecular formula is C15H24BrN. The molecule has 2 atom stereocenters. The summed E-state index contributed by atoms with van der Waals surface area (Å²) >= 11 is 3.60. The van der Waals surface area contributed by atoms with E-state index in [0.717, 1.165) is 13.0 Å². The number of hydrogen-bond acceptors (Lipinski definition) is 1. The van der Waals surface area contributed by atoms with Crippen molar-refractivity contribution < 1.29 is 0 Å². The zero-order valence-corrected chi connectivity index (χ0v) is 13.2. The molecular weight excluding hydrogens is 274 g/mol. The van der Waals surface area contributed by atoms with Crippen LogP contribution in [0, 0.1) is 20.8 Å². The van der Waals surface area contributed by atoms with Gasteiger partial charge in [0, 0.05) is 17.4 Å². The molecule has 0 bridgehead atoms. The lowest BCUT2D eigenvalue weighted by atomic mass is 9.99. The van der Waals surface area contributed by atoms with Gasteiger partial charge in [-0.2, -0.15) is 0 Å². The third kappa shape index (κ3) is 4.81. The number of rotatable bonds is 5. The van der Waals surface area contributed by atoms with Crippen molar-refractivity contribution in [2.45, 2.75) is 58.5 Å². The number of hydrogen-bond donors (Lipinski definition) is 1. The van der Waals surface area contributed by atoms with E-state index in [1.807, 2.05) is 0 Å². The second-order valence-corrected chi connectivity index (χ2v) is 6.74. The molecule has 0 saturated heterocycles. The summed E-state index contributed by atoms with van der Waals surface area (Å²) in [7, 11) is 0. The highest BCUT2D eigenvalue weighted by atomic mass is 79.9. The topological polar surface area (TPSA) is 12.0 Å². The van der Waals surface area contributed by atoms with Gasteiger partial charge in [-0.15, -0.1) is 0 Å². The summed E-state index contributed by atoms with van der Waals surface area (Å²) < 4.78 is 0. The Morgan fingerprint density at radius 1 is 1.12 bits per heavy atom. The van der Waals surface area contributed by atoms with Gasteiger partial charge in [0.2, 0.25) is 0 Å². The van der Waals surface area contributed by atoms with Crippen molar-refractivity contribution in [3.8, 4) is 0 Å². The summed E-state index contributed by atoms with van der Waals surface area (Å²) in [6.07, 6.45) is 1.16. The van der Waals surface area contributed by atoms with Crippen molar-refractivity contribution in [2.75, 3.05) is 0 Å². The summed E-state index contributed by atoms with van der Waals surface area (Å²) in [5, 5.41) is 3.60. The predicted molar refractivity (Wildman–Crippen MR) is 80.0 cm³/mol. The average molecular weight is 298 g/mol. The molecule has 1 nitrogen and oxygen atoms in total. The molecule has 0 aliphatic heterocycles. The first-order valence-corrected chi connectivity index (χ1v) is 7.26. The molecule has 1 aromatic carbocycles. The Kier molecular flexibility index (Phi) is 5.68. The van der Waals surface area contributed by atoms with Crippen LogP contribution in [0.4, 0.5) is 0 Å². The minimum atomic E-state index is 0.546. The minimum absolute atomic E-state index is 0.546. The highest BCUT2D eigenvalue weighted by Crippen LogP contribution is 2.16. The number of nitrogens with one attached hydrogen (secondary N) is 1. The second kappa shape index (κ2) is 6.55. The molecule has 2 unspecified atom stereocenters. The maximum atomic E-state index is 3.60. The van der Waals surface area contributed by atoms with Gasteiger partial charge in [0.25, 0.3) is 0 Å². The zero-order valence-electron chi connectivity index (χ0n) is 11.6. The average Bonchev–Trinajstić information content (AvgIpc) is 2.14. The first-order valence-electron chi connectivity index (χ1n) is 6.34. The van der Waals surface area contributed by atoms with Crippen LogP contribution in [0.1, 0.15) is 42.5 Å². The molecule has 1 aromatic rings. The van der Waals surface area contributed by atoms with E-state index in [1.54, 1.807) is 0 Å². The van der Waals surface area contributed by atoms with E-state index in [9.17, 15) is 0 Å². The molecule has 0 aliphatic carbocycles. The normalized spacial score (nSPS) is 14.7. The highest BCUT2D eigenvalue weighted by molar-refractivity contribution is 9.09. The van der Waals surface area contributed by atoms with Crippen LogP contribution >= 0.6 is 15.9 Å². The molecule has 0 radical (unpaired) electrons. The summed E-state index contributed by atoms with van der Waals surface area (Å²) in [6.45, 7) is 12.0. The van der Waals surface area contributed by atoms with Gasteiger partial charge in [-0.25, -0.2) is 0 Å². The van der Waals surface area contributed by atoms with Crippen LogP contribution < -0.4 is 5.32 Å². The van der Waals surface area contributed by atoms with Crippen LogP contribution in [0.15, 0.2) is 12.1 Å². The predicted octanol–water partition coefficient (Wildman–Crippen LogP) is 4.26. The molecule has 1 rings (SSSR count). The van der Waals surface area contributed by atoms with E-state index < -0.39 is 0 Å². The number of halogens is 1. The van der Waals surface area contributed by atoms with Crippen LogP contribution in [0.2, 0.25) is 0 Å². The Hall–Kier alpha value is -0.340. The molecule has 0 spiro atoms. The SMILES string of the molecule is Cc1cc(C)c(CNC(C)CC(C)Br)c(C)c1. The van der Waals surface area contributed by atoms with Crippen LogP contribution in [-0.4, -0.2) is 10.9 Å². The molecule has 2 heteroatoms. The van der Waals surface area contributed by atoms with E-state index in [0.29, 0.717) is 10.9 Å². The molecule has 1 N–H and O–H groups in total. The van der Waals surface area contributed by atoms with E-state index in [-0.39, 0.29) is 0 Å². The van der Waals surface area contributed by atoms with Gasteiger partial charge in [-0.3, -0.25) is 0 Å². The van der Waals surface area contributed by atoms with E-state index >= 15 is 0 Å². The molecule has 0 aromatic heterocycles. The Balaban J connectivity index is 2.63. The fourth-order valence-electron chi connectivity index (χ4n) is 2.34.